The monoisotopic (exact) mass is 596 g/mol. The Hall–Kier alpha value is -3.98. The zero-order valence-corrected chi connectivity index (χ0v) is 22.5. The molecule has 0 aliphatic carbocycles. The molecule has 2 heterocycles. The normalized spacial score (nSPS) is 11.8. The molecule has 0 bridgehead atoms. The second-order valence-corrected chi connectivity index (χ2v) is 11.1. The van der Waals surface area contributed by atoms with Crippen LogP contribution in [0.1, 0.15) is 46.7 Å². The number of hydrogen-bond acceptors (Lipinski definition) is 7. The van der Waals surface area contributed by atoms with Crippen LogP contribution >= 0.6 is 11.6 Å². The minimum absolute atomic E-state index is 0.111. The minimum Gasteiger partial charge on any atom is -0.478 e. The molecule has 0 aliphatic heterocycles. The predicted molar refractivity (Wildman–Crippen MR) is 140 cm³/mol. The van der Waals surface area contributed by atoms with Gasteiger partial charge < -0.3 is 15.3 Å². The number of aromatic carboxylic acids is 2. The Labute approximate surface area is 231 Å². The van der Waals surface area contributed by atoms with Crippen LogP contribution in [-0.2, 0) is 10.0 Å². The highest BCUT2D eigenvalue weighted by Crippen LogP contribution is 2.27. The number of halogens is 3. The summed E-state index contributed by atoms with van der Waals surface area (Å²) in [6.07, 6.45) is -1.82. The summed E-state index contributed by atoms with van der Waals surface area (Å²) >= 11 is 5.79. The molecule has 212 valence electrons. The fourth-order valence-electron chi connectivity index (χ4n) is 3.31. The lowest BCUT2D eigenvalue weighted by Crippen LogP contribution is -2.46. The molecule has 11 nitrogen and oxygen atoms in total. The van der Waals surface area contributed by atoms with Gasteiger partial charge in [0.1, 0.15) is 11.3 Å². The summed E-state index contributed by atoms with van der Waals surface area (Å²) in [5.41, 5.74) is -1.15. The highest BCUT2D eigenvalue weighted by atomic mass is 35.5. The molecule has 2 aromatic heterocycles. The van der Waals surface area contributed by atoms with Crippen molar-refractivity contribution in [2.45, 2.75) is 30.7 Å². The SMILES string of the molecule is CC(C)(CO)NS(=O)(=O)c1cccc(C(=O)O)c1.O=C(O)c1cnn2c(C(F)F)cc(-c3ccc(Cl)cc3)nc12. The third-order valence-electron chi connectivity index (χ3n) is 5.29. The summed E-state index contributed by atoms with van der Waals surface area (Å²) < 4.78 is 53.5. The molecule has 0 fully saturated rings. The van der Waals surface area contributed by atoms with E-state index >= 15 is 0 Å². The first-order chi connectivity index (χ1) is 18.6. The number of fused-ring (bicyclic) bond motifs is 1. The summed E-state index contributed by atoms with van der Waals surface area (Å²) in [6.45, 7) is 2.67. The Balaban J connectivity index is 0.000000226. The first-order valence-electron chi connectivity index (χ1n) is 11.3. The van der Waals surface area contributed by atoms with Gasteiger partial charge in [-0.1, -0.05) is 29.8 Å². The number of hydrogen-bond donors (Lipinski definition) is 4. The van der Waals surface area contributed by atoms with E-state index in [9.17, 15) is 26.8 Å². The highest BCUT2D eigenvalue weighted by molar-refractivity contribution is 7.89. The average molecular weight is 597 g/mol. The number of rotatable bonds is 8. The lowest BCUT2D eigenvalue weighted by Gasteiger charge is -2.23. The van der Waals surface area contributed by atoms with Gasteiger partial charge in [0.05, 0.1) is 34.5 Å². The van der Waals surface area contributed by atoms with Gasteiger partial charge in [0.25, 0.3) is 6.43 Å². The van der Waals surface area contributed by atoms with E-state index in [1.54, 1.807) is 24.3 Å². The number of nitrogens with zero attached hydrogens (tertiary/aromatic N) is 3. The number of aliphatic hydroxyl groups excluding tert-OH is 1. The van der Waals surface area contributed by atoms with Crippen molar-refractivity contribution in [1.82, 2.24) is 19.3 Å². The van der Waals surface area contributed by atoms with Crippen molar-refractivity contribution in [1.29, 1.82) is 0 Å². The average Bonchev–Trinajstić information content (AvgIpc) is 3.33. The summed E-state index contributed by atoms with van der Waals surface area (Å²) in [4.78, 5) is 25.9. The van der Waals surface area contributed by atoms with Crippen LogP contribution in [-0.4, -0.2) is 62.4 Å². The van der Waals surface area contributed by atoms with Gasteiger partial charge in [0.2, 0.25) is 10.0 Å². The van der Waals surface area contributed by atoms with Crippen molar-refractivity contribution in [3.8, 4) is 11.3 Å². The van der Waals surface area contributed by atoms with E-state index in [-0.39, 0.29) is 34.0 Å². The lowest BCUT2D eigenvalue weighted by atomic mass is 10.1. The molecule has 4 N–H and O–H groups in total. The second kappa shape index (κ2) is 12.0. The molecule has 4 rings (SSSR count). The van der Waals surface area contributed by atoms with Crippen molar-refractivity contribution in [2.75, 3.05) is 6.61 Å². The van der Waals surface area contributed by atoms with Crippen LogP contribution < -0.4 is 4.72 Å². The maximum absolute atomic E-state index is 13.2. The van der Waals surface area contributed by atoms with Gasteiger partial charge in [-0.25, -0.2) is 41.0 Å². The molecule has 2 aromatic carbocycles. The van der Waals surface area contributed by atoms with Crippen molar-refractivity contribution < 1.29 is 42.1 Å². The number of alkyl halides is 2. The summed E-state index contributed by atoms with van der Waals surface area (Å²) in [6, 6.07) is 12.6. The molecule has 0 aliphatic rings. The molecular weight excluding hydrogens is 574 g/mol. The van der Waals surface area contributed by atoms with Gasteiger partial charge in [-0.05, 0) is 50.2 Å². The molecule has 0 amide bonds. The molecule has 0 atom stereocenters. The summed E-state index contributed by atoms with van der Waals surface area (Å²) in [5.74, 6) is -2.48. The molecule has 4 aromatic rings. The van der Waals surface area contributed by atoms with Gasteiger partial charge in [0, 0.05) is 10.6 Å². The van der Waals surface area contributed by atoms with Crippen LogP contribution in [0, 0.1) is 0 Å². The zero-order chi connectivity index (χ0) is 29.8. The van der Waals surface area contributed by atoms with Crippen LogP contribution in [0.3, 0.4) is 0 Å². The number of benzene rings is 2. The topological polar surface area (TPSA) is 171 Å². The Kier molecular flexibility index (Phi) is 9.20. The molecule has 15 heteroatoms. The fourth-order valence-corrected chi connectivity index (χ4v) is 4.89. The Bertz CT molecular complexity index is 1660. The number of nitrogens with one attached hydrogen (secondary N) is 1. The zero-order valence-electron chi connectivity index (χ0n) is 20.9. The number of carboxylic acids is 2. The highest BCUT2D eigenvalue weighted by Gasteiger charge is 2.26. The van der Waals surface area contributed by atoms with Crippen LogP contribution in [0.25, 0.3) is 16.9 Å². The Morgan fingerprint density at radius 2 is 1.73 bits per heavy atom. The maximum Gasteiger partial charge on any atom is 0.341 e. The molecule has 0 saturated heterocycles. The van der Waals surface area contributed by atoms with Gasteiger partial charge >= 0.3 is 11.9 Å². The van der Waals surface area contributed by atoms with E-state index in [0.717, 1.165) is 16.8 Å². The molecule has 0 spiro atoms. The molecule has 40 heavy (non-hydrogen) atoms. The molecule has 0 saturated carbocycles. The van der Waals surface area contributed by atoms with E-state index in [1.807, 2.05) is 0 Å². The smallest absolute Gasteiger partial charge is 0.341 e. The number of aliphatic hydroxyl groups is 1. The molecule has 0 radical (unpaired) electrons. The van der Waals surface area contributed by atoms with E-state index in [0.29, 0.717) is 10.6 Å². The third kappa shape index (κ3) is 7.15. The van der Waals surface area contributed by atoms with Crippen molar-refractivity contribution in [2.24, 2.45) is 0 Å². The number of aromatic nitrogens is 3. The van der Waals surface area contributed by atoms with Gasteiger partial charge in [-0.2, -0.15) is 5.10 Å². The molecule has 0 unspecified atom stereocenters. The molecular formula is C25H23ClF2N4O7S. The Morgan fingerprint density at radius 3 is 2.27 bits per heavy atom. The summed E-state index contributed by atoms with van der Waals surface area (Å²) in [7, 11) is -3.86. The first-order valence-corrected chi connectivity index (χ1v) is 13.2. The third-order valence-corrected chi connectivity index (χ3v) is 7.24. The van der Waals surface area contributed by atoms with Crippen molar-refractivity contribution in [3.63, 3.8) is 0 Å². The van der Waals surface area contributed by atoms with Gasteiger partial charge in [-0.3, -0.25) is 0 Å². The largest absolute Gasteiger partial charge is 0.478 e. The predicted octanol–water partition coefficient (Wildman–Crippen LogP) is 4.12. The second-order valence-electron chi connectivity index (χ2n) is 8.95. The maximum atomic E-state index is 13.2. The Morgan fingerprint density at radius 1 is 1.07 bits per heavy atom. The number of carboxylic acid groups (broad SMARTS) is 2. The van der Waals surface area contributed by atoms with Crippen LogP contribution in [0.15, 0.2) is 65.7 Å². The van der Waals surface area contributed by atoms with E-state index in [1.165, 1.54) is 38.1 Å². The van der Waals surface area contributed by atoms with Crippen molar-refractivity contribution >= 4 is 39.2 Å². The van der Waals surface area contributed by atoms with Crippen LogP contribution in [0.2, 0.25) is 5.02 Å². The quantitative estimate of drug-likeness (QED) is 0.233. The van der Waals surface area contributed by atoms with Gasteiger partial charge in [-0.15, -0.1) is 0 Å². The van der Waals surface area contributed by atoms with Crippen LogP contribution in [0.4, 0.5) is 8.78 Å². The first kappa shape index (κ1) is 30.6. The van der Waals surface area contributed by atoms with Gasteiger partial charge in [0.15, 0.2) is 5.65 Å². The minimum atomic E-state index is -3.86. The van der Waals surface area contributed by atoms with E-state index < -0.39 is 39.6 Å². The van der Waals surface area contributed by atoms with Crippen LogP contribution in [0.5, 0.6) is 0 Å². The van der Waals surface area contributed by atoms with E-state index in [4.69, 9.17) is 26.9 Å². The summed E-state index contributed by atoms with van der Waals surface area (Å²) in [5, 5.41) is 31.1. The van der Waals surface area contributed by atoms with Crippen molar-refractivity contribution in [3.05, 3.63) is 82.6 Å². The lowest BCUT2D eigenvalue weighted by molar-refractivity contribution is 0.0686. The fraction of sp³-hybridized carbons (Fsp3) is 0.200. The number of carbonyl (C=O) groups is 2. The van der Waals surface area contributed by atoms with E-state index in [2.05, 4.69) is 14.8 Å². The number of sulfonamides is 1. The standard InChI is InChI=1S/C14H8ClF2N3O2.C11H15NO5S/c15-8-3-1-7(2-4-8)10-5-11(12(16)17)20-13(19-10)9(6-18-20)14(21)22;1-11(2,7-13)12-18(16,17)9-5-3-4-8(6-9)10(14)15/h1-6,12H,(H,21,22);3-6,12-13H,7H2,1-2H3,(H,14,15).